The van der Waals surface area contributed by atoms with Gasteiger partial charge in [0.25, 0.3) is 0 Å². The number of hydrogen-bond acceptors (Lipinski definition) is 3. The van der Waals surface area contributed by atoms with E-state index in [1.54, 1.807) is 0 Å². The van der Waals surface area contributed by atoms with E-state index in [1.165, 1.54) is 0 Å². The Morgan fingerprint density at radius 3 is 2.33 bits per heavy atom. The van der Waals surface area contributed by atoms with Gasteiger partial charge in [0.05, 0.1) is 11.1 Å². The van der Waals surface area contributed by atoms with Gasteiger partial charge < -0.3 is 20.5 Å². The third kappa shape index (κ3) is 1.50. The molecule has 0 bridgehead atoms. The predicted octanol–water partition coefficient (Wildman–Crippen LogP) is 3.76. The fourth-order valence-electron chi connectivity index (χ4n) is 3.00. The summed E-state index contributed by atoms with van der Waals surface area (Å²) in [6, 6.07) is 15.9. The lowest BCUT2D eigenvalue weighted by Gasteiger charge is -2.02. The van der Waals surface area contributed by atoms with Gasteiger partial charge in [0.1, 0.15) is 11.4 Å². The number of para-hydroxylation sites is 2. The van der Waals surface area contributed by atoms with Gasteiger partial charge >= 0.3 is 0 Å². The maximum atomic E-state index is 6.33. The van der Waals surface area contributed by atoms with Crippen LogP contribution < -0.4 is 11.5 Å². The van der Waals surface area contributed by atoms with Gasteiger partial charge in [-0.2, -0.15) is 0 Å². The lowest BCUT2D eigenvalue weighted by atomic mass is 10.0. The van der Waals surface area contributed by atoms with E-state index >= 15 is 0 Å². The molecule has 0 saturated heterocycles. The van der Waals surface area contributed by atoms with Crippen molar-refractivity contribution in [2.24, 2.45) is 7.05 Å². The van der Waals surface area contributed by atoms with E-state index < -0.39 is 0 Å². The molecule has 4 aromatic rings. The smallest absolute Gasteiger partial charge is 0.199 e. The zero-order chi connectivity index (χ0) is 14.6. The van der Waals surface area contributed by atoms with Crippen molar-refractivity contribution in [3.8, 4) is 11.1 Å². The van der Waals surface area contributed by atoms with E-state index in [-0.39, 0.29) is 0 Å². The van der Waals surface area contributed by atoms with E-state index in [0.717, 1.165) is 33.0 Å². The number of aryl methyl sites for hydroxylation is 1. The molecule has 21 heavy (non-hydrogen) atoms. The molecule has 4 nitrogen and oxygen atoms in total. The Hall–Kier alpha value is -2.88. The third-order valence-electron chi connectivity index (χ3n) is 4.02. The van der Waals surface area contributed by atoms with Crippen LogP contribution in [0.3, 0.4) is 0 Å². The Balaban J connectivity index is 2.19. The molecule has 2 heterocycles. The Labute approximate surface area is 121 Å². The Morgan fingerprint density at radius 1 is 0.857 bits per heavy atom. The number of nitrogen functional groups attached to an aromatic ring is 2. The molecule has 0 radical (unpaired) electrons. The van der Waals surface area contributed by atoms with Crippen LogP contribution in [0.15, 0.2) is 52.9 Å². The molecule has 0 fully saturated rings. The molecule has 0 saturated carbocycles. The van der Waals surface area contributed by atoms with Gasteiger partial charge in [-0.05, 0) is 12.1 Å². The highest BCUT2D eigenvalue weighted by Gasteiger charge is 2.21. The predicted molar refractivity (Wildman–Crippen MR) is 87.0 cm³/mol. The first-order chi connectivity index (χ1) is 10.2. The highest BCUT2D eigenvalue weighted by atomic mass is 16.3. The Kier molecular flexibility index (Phi) is 2.30. The number of fused-ring (bicyclic) bond motifs is 2. The van der Waals surface area contributed by atoms with Crippen molar-refractivity contribution in [3.63, 3.8) is 0 Å². The van der Waals surface area contributed by atoms with Crippen LogP contribution in [0.1, 0.15) is 0 Å². The fraction of sp³-hybridized carbons (Fsp3) is 0.0588. The molecular weight excluding hydrogens is 262 g/mol. The van der Waals surface area contributed by atoms with Gasteiger partial charge in [0.2, 0.25) is 0 Å². The molecule has 0 unspecified atom stereocenters. The van der Waals surface area contributed by atoms with Crippen LogP contribution in [0, 0.1) is 0 Å². The molecular formula is C17H15N3O. The summed E-state index contributed by atoms with van der Waals surface area (Å²) in [5.41, 5.74) is 16.1. The topological polar surface area (TPSA) is 70.1 Å². The average molecular weight is 277 g/mol. The van der Waals surface area contributed by atoms with Gasteiger partial charge in [-0.25, -0.2) is 0 Å². The minimum absolute atomic E-state index is 0.402. The number of nitrogens with zero attached hydrogens (tertiary/aromatic N) is 1. The van der Waals surface area contributed by atoms with Crippen LogP contribution in [-0.4, -0.2) is 4.57 Å². The first kappa shape index (κ1) is 11.9. The second kappa shape index (κ2) is 4.06. The molecule has 4 heteroatoms. The van der Waals surface area contributed by atoms with Crippen LogP contribution in [0.4, 0.5) is 11.7 Å². The normalized spacial score (nSPS) is 11.5. The van der Waals surface area contributed by atoms with Crippen LogP contribution in [0.2, 0.25) is 0 Å². The first-order valence-electron chi connectivity index (χ1n) is 6.78. The lowest BCUT2D eigenvalue weighted by molar-refractivity contribution is 0.638. The van der Waals surface area contributed by atoms with E-state index in [4.69, 9.17) is 15.9 Å². The van der Waals surface area contributed by atoms with Gasteiger partial charge in [-0.1, -0.05) is 36.4 Å². The number of anilines is 2. The summed E-state index contributed by atoms with van der Waals surface area (Å²) in [5, 5.41) is 2.06. The van der Waals surface area contributed by atoms with Crippen LogP contribution in [0.25, 0.3) is 33.0 Å². The lowest BCUT2D eigenvalue weighted by Crippen LogP contribution is -1.97. The molecule has 0 amide bonds. The van der Waals surface area contributed by atoms with Crippen molar-refractivity contribution < 1.29 is 4.42 Å². The van der Waals surface area contributed by atoms with Gasteiger partial charge in [0.15, 0.2) is 5.88 Å². The highest BCUT2D eigenvalue weighted by Crippen LogP contribution is 2.44. The van der Waals surface area contributed by atoms with Crippen molar-refractivity contribution in [2.45, 2.75) is 0 Å². The Morgan fingerprint density at radius 2 is 1.52 bits per heavy atom. The molecule has 4 rings (SSSR count). The minimum Gasteiger partial charge on any atom is -0.440 e. The van der Waals surface area contributed by atoms with Crippen LogP contribution in [-0.2, 0) is 7.05 Å². The molecule has 0 aliphatic carbocycles. The zero-order valence-corrected chi connectivity index (χ0v) is 11.6. The highest BCUT2D eigenvalue weighted by molar-refractivity contribution is 6.12. The maximum absolute atomic E-state index is 6.33. The summed E-state index contributed by atoms with van der Waals surface area (Å²) in [7, 11) is 1.96. The van der Waals surface area contributed by atoms with Crippen molar-refractivity contribution >= 4 is 33.6 Å². The summed E-state index contributed by atoms with van der Waals surface area (Å²) in [5.74, 6) is 1.09. The van der Waals surface area contributed by atoms with Crippen molar-refractivity contribution in [1.82, 2.24) is 4.57 Å². The number of hydrogen-bond donors (Lipinski definition) is 2. The monoisotopic (exact) mass is 277 g/mol. The number of furan rings is 1. The molecule has 0 atom stereocenters. The molecule has 4 N–H and O–H groups in total. The van der Waals surface area contributed by atoms with Crippen molar-refractivity contribution in [2.75, 3.05) is 11.5 Å². The molecule has 0 aliphatic heterocycles. The van der Waals surface area contributed by atoms with Gasteiger partial charge in [0, 0.05) is 23.4 Å². The SMILES string of the molecule is Cn1c(N)c(-c2c(N)oc3ccccc23)c2ccccc21. The summed E-state index contributed by atoms with van der Waals surface area (Å²) in [6.07, 6.45) is 0. The molecule has 2 aromatic carbocycles. The summed E-state index contributed by atoms with van der Waals surface area (Å²) in [4.78, 5) is 0. The zero-order valence-electron chi connectivity index (χ0n) is 11.6. The number of aromatic nitrogens is 1. The second-order valence-corrected chi connectivity index (χ2v) is 5.17. The van der Waals surface area contributed by atoms with E-state index in [9.17, 15) is 0 Å². The summed E-state index contributed by atoms with van der Waals surface area (Å²) < 4.78 is 7.66. The largest absolute Gasteiger partial charge is 0.440 e. The van der Waals surface area contributed by atoms with E-state index in [1.807, 2.05) is 54.1 Å². The van der Waals surface area contributed by atoms with Crippen LogP contribution >= 0.6 is 0 Å². The van der Waals surface area contributed by atoms with E-state index in [2.05, 4.69) is 6.07 Å². The van der Waals surface area contributed by atoms with Gasteiger partial charge in [-0.3, -0.25) is 0 Å². The summed E-state index contributed by atoms with van der Waals surface area (Å²) in [6.45, 7) is 0. The van der Waals surface area contributed by atoms with Crippen molar-refractivity contribution in [1.29, 1.82) is 0 Å². The standard InChI is InChI=1S/C17H15N3O/c1-20-12-8-4-2-6-10(12)14(16(20)18)15-11-7-3-5-9-13(11)21-17(15)19/h2-9H,18-19H2,1H3. The molecule has 0 spiro atoms. The number of nitrogens with two attached hydrogens (primary N) is 2. The van der Waals surface area contributed by atoms with Crippen molar-refractivity contribution in [3.05, 3.63) is 48.5 Å². The third-order valence-corrected chi connectivity index (χ3v) is 4.02. The Bertz CT molecular complexity index is 978. The molecule has 2 aromatic heterocycles. The first-order valence-corrected chi connectivity index (χ1v) is 6.78. The number of benzene rings is 2. The summed E-state index contributed by atoms with van der Waals surface area (Å²) >= 11 is 0. The van der Waals surface area contributed by atoms with E-state index in [0.29, 0.717) is 11.7 Å². The average Bonchev–Trinajstić information content (AvgIpc) is 2.95. The maximum Gasteiger partial charge on any atom is 0.199 e. The quantitative estimate of drug-likeness (QED) is 0.556. The fourth-order valence-corrected chi connectivity index (χ4v) is 3.00. The molecule has 104 valence electrons. The number of rotatable bonds is 1. The van der Waals surface area contributed by atoms with Crippen LogP contribution in [0.5, 0.6) is 0 Å². The minimum atomic E-state index is 0.402. The molecule has 0 aliphatic rings. The second-order valence-electron chi connectivity index (χ2n) is 5.17. The van der Waals surface area contributed by atoms with Gasteiger partial charge in [-0.15, -0.1) is 0 Å².